The van der Waals surface area contributed by atoms with Gasteiger partial charge < -0.3 is 15.3 Å². The Labute approximate surface area is 172 Å². The van der Waals surface area contributed by atoms with Crippen LogP contribution in [0.5, 0.6) is 17.2 Å². The van der Waals surface area contributed by atoms with Gasteiger partial charge in [0, 0.05) is 0 Å². The number of benzene rings is 3. The number of rotatable bonds is 0. The quantitative estimate of drug-likeness (QED) is 0.401. The number of hydrogen-bond donors (Lipinski definition) is 3. The Balaban J connectivity index is 0.000000384. The third kappa shape index (κ3) is 7.62. The summed E-state index contributed by atoms with van der Waals surface area (Å²) >= 11 is 0. The summed E-state index contributed by atoms with van der Waals surface area (Å²) in [6.45, 7) is 11.3. The smallest absolute Gasteiger partial charge is 0.121 e. The average Bonchev–Trinajstić information content (AvgIpc) is 2.63. The number of aryl methyl sites for hydroxylation is 6. The number of phenolic OH excluding ortho intramolecular Hbond substituents is 3. The van der Waals surface area contributed by atoms with Crippen molar-refractivity contribution < 1.29 is 15.3 Å². The first-order valence-corrected chi connectivity index (χ1v) is 8.90. The molecule has 0 amide bonds. The largest absolute Gasteiger partial charge is 0.507 e. The van der Waals surface area contributed by atoms with Crippen LogP contribution in [-0.2, 0) is 0 Å². The molecule has 0 radical (unpaired) electrons. The molecule has 3 aromatic rings. The molecule has 3 N–H and O–H groups in total. The molecular formula is C24H33O3P. The molecule has 0 aliphatic heterocycles. The van der Waals surface area contributed by atoms with Gasteiger partial charge in [0.25, 0.3) is 0 Å². The van der Waals surface area contributed by atoms with Crippen LogP contribution in [0.3, 0.4) is 0 Å². The van der Waals surface area contributed by atoms with Crippen LogP contribution in [0.15, 0.2) is 54.6 Å². The molecule has 3 aromatic carbocycles. The van der Waals surface area contributed by atoms with E-state index in [0.717, 1.165) is 33.4 Å². The third-order valence-electron chi connectivity index (χ3n) is 4.32. The lowest BCUT2D eigenvalue weighted by molar-refractivity contribution is 0.466. The van der Waals surface area contributed by atoms with E-state index in [1.165, 1.54) is 0 Å². The highest BCUT2D eigenvalue weighted by atomic mass is 31.0. The molecule has 0 aliphatic rings. The molecule has 3 nitrogen and oxygen atoms in total. The van der Waals surface area contributed by atoms with E-state index in [9.17, 15) is 15.3 Å². The summed E-state index contributed by atoms with van der Waals surface area (Å²) in [6, 6.07) is 17.2. The minimum atomic E-state index is 0. The fraction of sp³-hybridized carbons (Fsp3) is 0.250. The van der Waals surface area contributed by atoms with E-state index >= 15 is 0 Å². The Hall–Kier alpha value is -2.51. The monoisotopic (exact) mass is 400 g/mol. The second-order valence-electron chi connectivity index (χ2n) is 6.72. The lowest BCUT2D eigenvalue weighted by Gasteiger charge is -1.99. The standard InChI is InChI=1S/3C8H10O.H3P/c3*1-6-4-3-5-7(2)8(6)9;/h3*3-5,9H,1-2H3;1H3. The zero-order valence-corrected chi connectivity index (χ0v) is 19.2. The minimum Gasteiger partial charge on any atom is -0.507 e. The van der Waals surface area contributed by atoms with Crippen LogP contribution in [-0.4, -0.2) is 15.3 Å². The van der Waals surface area contributed by atoms with Gasteiger partial charge >= 0.3 is 0 Å². The topological polar surface area (TPSA) is 60.7 Å². The third-order valence-corrected chi connectivity index (χ3v) is 4.32. The molecule has 152 valence electrons. The van der Waals surface area contributed by atoms with Crippen molar-refractivity contribution in [2.45, 2.75) is 41.5 Å². The Morgan fingerprint density at radius 2 is 0.536 bits per heavy atom. The molecule has 0 aromatic heterocycles. The van der Waals surface area contributed by atoms with Crippen molar-refractivity contribution in [1.29, 1.82) is 0 Å². The highest BCUT2D eigenvalue weighted by molar-refractivity contribution is 6.92. The molecule has 0 bridgehead atoms. The maximum absolute atomic E-state index is 9.21. The molecule has 0 saturated carbocycles. The summed E-state index contributed by atoms with van der Waals surface area (Å²) in [5.41, 5.74) is 5.64. The van der Waals surface area contributed by atoms with E-state index in [1.807, 2.05) is 96.1 Å². The van der Waals surface area contributed by atoms with Gasteiger partial charge in [0.05, 0.1) is 0 Å². The van der Waals surface area contributed by atoms with Crippen molar-refractivity contribution >= 4 is 9.90 Å². The van der Waals surface area contributed by atoms with Gasteiger partial charge in [-0.3, -0.25) is 0 Å². The van der Waals surface area contributed by atoms with E-state index in [2.05, 4.69) is 0 Å². The Morgan fingerprint density at radius 3 is 0.643 bits per heavy atom. The second-order valence-corrected chi connectivity index (χ2v) is 6.72. The second kappa shape index (κ2) is 12.0. The maximum atomic E-state index is 9.21. The van der Waals surface area contributed by atoms with Gasteiger partial charge in [0.2, 0.25) is 0 Å². The molecule has 3 rings (SSSR count). The summed E-state index contributed by atoms with van der Waals surface area (Å²) in [5.74, 6) is 1.24. The van der Waals surface area contributed by atoms with Crippen LogP contribution in [0.2, 0.25) is 0 Å². The fourth-order valence-corrected chi connectivity index (χ4v) is 2.42. The van der Waals surface area contributed by atoms with E-state index in [4.69, 9.17) is 0 Å². The van der Waals surface area contributed by atoms with Crippen LogP contribution < -0.4 is 0 Å². The van der Waals surface area contributed by atoms with Gasteiger partial charge in [-0.2, -0.15) is 9.90 Å². The van der Waals surface area contributed by atoms with Crippen LogP contribution in [0.4, 0.5) is 0 Å². The minimum absolute atomic E-state index is 0. The Kier molecular flexibility index (Phi) is 11.0. The molecule has 4 heteroatoms. The molecule has 0 spiro atoms. The molecule has 1 atom stereocenters. The number of hydrogen-bond acceptors (Lipinski definition) is 3. The zero-order valence-electron chi connectivity index (χ0n) is 17.7. The Morgan fingerprint density at radius 1 is 0.393 bits per heavy atom. The Bertz CT molecular complexity index is 711. The number of aromatic hydroxyl groups is 3. The van der Waals surface area contributed by atoms with Crippen molar-refractivity contribution in [2.75, 3.05) is 0 Å². The maximum Gasteiger partial charge on any atom is 0.121 e. The zero-order chi connectivity index (χ0) is 20.6. The average molecular weight is 400 g/mol. The van der Waals surface area contributed by atoms with Crippen LogP contribution in [0, 0.1) is 41.5 Å². The molecule has 0 heterocycles. The highest BCUT2D eigenvalue weighted by Gasteiger charge is 1.96. The van der Waals surface area contributed by atoms with Gasteiger partial charge in [-0.1, -0.05) is 54.6 Å². The van der Waals surface area contributed by atoms with Crippen molar-refractivity contribution in [3.8, 4) is 17.2 Å². The molecule has 1 unspecified atom stereocenters. The number of para-hydroxylation sites is 3. The van der Waals surface area contributed by atoms with E-state index < -0.39 is 0 Å². The normalized spacial score (nSPS) is 9.21. The molecule has 28 heavy (non-hydrogen) atoms. The SMILES string of the molecule is Cc1cccc(C)c1O.Cc1cccc(C)c1O.Cc1cccc(C)c1O.P. The van der Waals surface area contributed by atoms with Crippen molar-refractivity contribution in [2.24, 2.45) is 0 Å². The summed E-state index contributed by atoms with van der Waals surface area (Å²) in [7, 11) is 0. The van der Waals surface area contributed by atoms with Gasteiger partial charge in [-0.25, -0.2) is 0 Å². The van der Waals surface area contributed by atoms with Crippen molar-refractivity contribution in [3.05, 3.63) is 88.0 Å². The van der Waals surface area contributed by atoms with E-state index in [1.54, 1.807) is 0 Å². The van der Waals surface area contributed by atoms with Crippen molar-refractivity contribution in [1.82, 2.24) is 0 Å². The molecule has 0 saturated heterocycles. The first-order valence-electron chi connectivity index (χ1n) is 8.90. The highest BCUT2D eigenvalue weighted by Crippen LogP contribution is 2.20. The van der Waals surface area contributed by atoms with E-state index in [-0.39, 0.29) is 9.90 Å². The van der Waals surface area contributed by atoms with Gasteiger partial charge in [0.15, 0.2) is 0 Å². The lowest BCUT2D eigenvalue weighted by Crippen LogP contribution is -1.76. The molecular weight excluding hydrogens is 367 g/mol. The lowest BCUT2D eigenvalue weighted by atomic mass is 10.1. The summed E-state index contributed by atoms with van der Waals surface area (Å²) in [5, 5.41) is 27.6. The number of phenols is 3. The van der Waals surface area contributed by atoms with Gasteiger partial charge in [-0.15, -0.1) is 0 Å². The van der Waals surface area contributed by atoms with Crippen LogP contribution in [0.1, 0.15) is 33.4 Å². The summed E-state index contributed by atoms with van der Waals surface area (Å²) in [4.78, 5) is 0. The molecule has 0 aliphatic carbocycles. The fourth-order valence-electron chi connectivity index (χ4n) is 2.42. The van der Waals surface area contributed by atoms with Crippen LogP contribution in [0.25, 0.3) is 0 Å². The van der Waals surface area contributed by atoms with Gasteiger partial charge in [-0.05, 0) is 74.9 Å². The summed E-state index contributed by atoms with van der Waals surface area (Å²) < 4.78 is 0. The predicted octanol–water partition coefficient (Wildman–Crippen LogP) is 6.09. The van der Waals surface area contributed by atoms with E-state index in [0.29, 0.717) is 17.2 Å². The van der Waals surface area contributed by atoms with Crippen LogP contribution >= 0.6 is 9.90 Å². The first-order chi connectivity index (χ1) is 12.6. The summed E-state index contributed by atoms with van der Waals surface area (Å²) in [6.07, 6.45) is 0. The predicted molar refractivity (Wildman–Crippen MR) is 124 cm³/mol. The first kappa shape index (κ1) is 25.5. The van der Waals surface area contributed by atoms with Crippen molar-refractivity contribution in [3.63, 3.8) is 0 Å². The molecule has 0 fully saturated rings. The van der Waals surface area contributed by atoms with Gasteiger partial charge in [0.1, 0.15) is 17.2 Å².